The van der Waals surface area contributed by atoms with Crippen molar-refractivity contribution in [1.29, 1.82) is 0 Å². The van der Waals surface area contributed by atoms with Gasteiger partial charge in [-0.1, -0.05) is 13.8 Å². The number of nitrogens with one attached hydrogen (secondary N) is 1. The van der Waals surface area contributed by atoms with Crippen LogP contribution in [0.5, 0.6) is 0 Å². The average Bonchev–Trinajstić information content (AvgIpc) is 2.35. The van der Waals surface area contributed by atoms with Crippen LogP contribution in [0.25, 0.3) is 0 Å². The van der Waals surface area contributed by atoms with Crippen LogP contribution in [0.1, 0.15) is 37.0 Å². The molecule has 0 bridgehead atoms. The maximum absolute atomic E-state index is 11.8. The average molecular weight is 281 g/mol. The van der Waals surface area contributed by atoms with Crippen LogP contribution in [0.4, 0.5) is 0 Å². The Morgan fingerprint density at radius 1 is 1.35 bits per heavy atom. The number of carbonyl (C=O) groups is 2. The summed E-state index contributed by atoms with van der Waals surface area (Å²) in [4.78, 5) is 33.4. The maximum atomic E-state index is 11.8. The number of rotatable bonds is 7. The van der Waals surface area contributed by atoms with Crippen molar-refractivity contribution >= 4 is 11.9 Å². The third-order valence-corrected chi connectivity index (χ3v) is 2.78. The van der Waals surface area contributed by atoms with E-state index < -0.39 is 11.6 Å². The Bertz CT molecular complexity index is 500. The molecule has 0 radical (unpaired) electrons. The van der Waals surface area contributed by atoms with Crippen molar-refractivity contribution in [1.82, 2.24) is 5.32 Å². The van der Waals surface area contributed by atoms with Gasteiger partial charge in [0.25, 0.3) is 5.91 Å². The Morgan fingerprint density at radius 2 is 2.05 bits per heavy atom. The van der Waals surface area contributed by atoms with Gasteiger partial charge < -0.3 is 14.8 Å². The summed E-state index contributed by atoms with van der Waals surface area (Å²) in [5.74, 6) is -1.03. The Kier molecular flexibility index (Phi) is 5.96. The van der Waals surface area contributed by atoms with Crippen LogP contribution in [0.15, 0.2) is 27.6 Å². The predicted molar refractivity (Wildman–Crippen MR) is 72.5 cm³/mol. The molecule has 1 aromatic heterocycles. The van der Waals surface area contributed by atoms with Crippen molar-refractivity contribution < 1.29 is 19.1 Å². The largest absolute Gasteiger partial charge is 0.481 e. The van der Waals surface area contributed by atoms with Crippen LogP contribution in [-0.4, -0.2) is 23.5 Å². The smallest absolute Gasteiger partial charge is 0.335 e. The Morgan fingerprint density at radius 3 is 2.55 bits per heavy atom. The summed E-state index contributed by atoms with van der Waals surface area (Å²) in [6, 6.07) is 2.54. The lowest BCUT2D eigenvalue weighted by molar-refractivity contribution is -0.138. The summed E-state index contributed by atoms with van der Waals surface area (Å²) in [6.45, 7) is 4.29. The molecule has 110 valence electrons. The third kappa shape index (κ3) is 5.69. The molecule has 0 saturated carbocycles. The van der Waals surface area contributed by atoms with Crippen molar-refractivity contribution in [2.24, 2.45) is 11.8 Å². The zero-order valence-electron chi connectivity index (χ0n) is 11.6. The first-order valence-electron chi connectivity index (χ1n) is 6.47. The fourth-order valence-electron chi connectivity index (χ4n) is 1.98. The van der Waals surface area contributed by atoms with E-state index in [1.54, 1.807) is 0 Å². The Balaban J connectivity index is 2.57. The van der Waals surface area contributed by atoms with Gasteiger partial charge in [0.2, 0.25) is 0 Å². The molecule has 1 atom stereocenters. The van der Waals surface area contributed by atoms with Gasteiger partial charge in [0, 0.05) is 19.0 Å². The first-order chi connectivity index (χ1) is 9.38. The van der Waals surface area contributed by atoms with Crippen molar-refractivity contribution in [3.05, 3.63) is 34.4 Å². The maximum Gasteiger partial charge on any atom is 0.335 e. The summed E-state index contributed by atoms with van der Waals surface area (Å²) in [6.07, 6.45) is 1.82. The second kappa shape index (κ2) is 7.47. The van der Waals surface area contributed by atoms with Crippen molar-refractivity contribution in [3.63, 3.8) is 0 Å². The molecular weight excluding hydrogens is 262 g/mol. The van der Waals surface area contributed by atoms with Gasteiger partial charge in [0.05, 0.1) is 5.56 Å². The molecule has 6 nitrogen and oxygen atoms in total. The van der Waals surface area contributed by atoms with Crippen LogP contribution in [-0.2, 0) is 4.79 Å². The van der Waals surface area contributed by atoms with Crippen LogP contribution < -0.4 is 10.9 Å². The van der Waals surface area contributed by atoms with Crippen molar-refractivity contribution in [2.75, 3.05) is 6.54 Å². The molecular formula is C14H19NO5. The fraction of sp³-hybridized carbons (Fsp3) is 0.500. The molecule has 6 heteroatoms. The molecule has 0 saturated heterocycles. The van der Waals surface area contributed by atoms with Crippen LogP contribution in [0.2, 0.25) is 0 Å². The molecule has 1 amide bonds. The molecule has 0 fully saturated rings. The normalized spacial score (nSPS) is 12.2. The zero-order chi connectivity index (χ0) is 15.1. The molecule has 1 aromatic rings. The minimum absolute atomic E-state index is 0.0162. The molecule has 2 N–H and O–H groups in total. The lowest BCUT2D eigenvalue weighted by atomic mass is 9.94. The first kappa shape index (κ1) is 15.9. The van der Waals surface area contributed by atoms with Gasteiger partial charge in [-0.3, -0.25) is 9.59 Å². The lowest BCUT2D eigenvalue weighted by Gasteiger charge is -2.17. The second-order valence-electron chi connectivity index (χ2n) is 5.15. The van der Waals surface area contributed by atoms with Crippen molar-refractivity contribution in [2.45, 2.75) is 26.7 Å². The summed E-state index contributed by atoms with van der Waals surface area (Å²) < 4.78 is 4.60. The third-order valence-electron chi connectivity index (χ3n) is 2.78. The topological polar surface area (TPSA) is 96.6 Å². The quantitative estimate of drug-likeness (QED) is 0.789. The number of carboxylic acid groups (broad SMARTS) is 1. The highest BCUT2D eigenvalue weighted by Gasteiger charge is 2.16. The number of hydrogen-bond donors (Lipinski definition) is 2. The van der Waals surface area contributed by atoms with E-state index in [1.165, 1.54) is 6.07 Å². The van der Waals surface area contributed by atoms with Crippen LogP contribution in [0.3, 0.4) is 0 Å². The monoisotopic (exact) mass is 281 g/mol. The molecule has 0 aliphatic carbocycles. The van der Waals surface area contributed by atoms with Gasteiger partial charge in [0.15, 0.2) is 0 Å². The summed E-state index contributed by atoms with van der Waals surface area (Å²) in [5.41, 5.74) is -0.284. The van der Waals surface area contributed by atoms with Gasteiger partial charge in [-0.2, -0.15) is 0 Å². The molecule has 0 spiro atoms. The fourth-order valence-corrected chi connectivity index (χ4v) is 1.98. The molecule has 20 heavy (non-hydrogen) atoms. The van der Waals surface area contributed by atoms with Crippen LogP contribution in [0, 0.1) is 11.8 Å². The molecule has 0 aromatic carbocycles. The Hall–Kier alpha value is -2.11. The van der Waals surface area contributed by atoms with E-state index in [9.17, 15) is 14.4 Å². The zero-order valence-corrected chi connectivity index (χ0v) is 11.6. The molecule has 0 aliphatic rings. The van der Waals surface area contributed by atoms with Gasteiger partial charge in [-0.05, 0) is 24.3 Å². The highest BCUT2D eigenvalue weighted by atomic mass is 16.4. The van der Waals surface area contributed by atoms with Gasteiger partial charge in [-0.15, -0.1) is 0 Å². The lowest BCUT2D eigenvalue weighted by Crippen LogP contribution is -2.31. The SMILES string of the molecule is CC(C)CC(CNC(=O)c1ccc(=O)oc1)CC(=O)O. The van der Waals surface area contributed by atoms with E-state index in [-0.39, 0.29) is 30.4 Å². The van der Waals surface area contributed by atoms with E-state index in [2.05, 4.69) is 9.73 Å². The number of hydrogen-bond acceptors (Lipinski definition) is 4. The van der Waals surface area contributed by atoms with E-state index in [1.807, 2.05) is 13.8 Å². The summed E-state index contributed by atoms with van der Waals surface area (Å²) >= 11 is 0. The predicted octanol–water partition coefficient (Wildman–Crippen LogP) is 1.51. The van der Waals surface area contributed by atoms with E-state index in [0.29, 0.717) is 5.92 Å². The number of aliphatic carboxylic acids is 1. The second-order valence-corrected chi connectivity index (χ2v) is 5.15. The van der Waals surface area contributed by atoms with Gasteiger partial charge >= 0.3 is 11.6 Å². The summed E-state index contributed by atoms with van der Waals surface area (Å²) in [5, 5.41) is 11.5. The standard InChI is InChI=1S/C14H19NO5/c1-9(2)5-10(6-12(16)17)7-15-14(19)11-3-4-13(18)20-8-11/h3-4,8-10H,5-7H2,1-2H3,(H,15,19)(H,16,17). The molecule has 1 rings (SSSR count). The van der Waals surface area contributed by atoms with Gasteiger partial charge in [0.1, 0.15) is 6.26 Å². The van der Waals surface area contributed by atoms with E-state index >= 15 is 0 Å². The molecule has 0 aliphatic heterocycles. The first-order valence-corrected chi connectivity index (χ1v) is 6.47. The van der Waals surface area contributed by atoms with E-state index in [4.69, 9.17) is 5.11 Å². The minimum atomic E-state index is -0.879. The number of carboxylic acids is 1. The summed E-state index contributed by atoms with van der Waals surface area (Å²) in [7, 11) is 0. The Labute approximate surface area is 116 Å². The van der Waals surface area contributed by atoms with Crippen LogP contribution >= 0.6 is 0 Å². The molecule has 1 heterocycles. The van der Waals surface area contributed by atoms with E-state index in [0.717, 1.165) is 18.8 Å². The molecule has 1 unspecified atom stereocenters. The van der Waals surface area contributed by atoms with Crippen molar-refractivity contribution in [3.8, 4) is 0 Å². The van der Waals surface area contributed by atoms with Gasteiger partial charge in [-0.25, -0.2) is 4.79 Å². The number of amides is 1. The minimum Gasteiger partial charge on any atom is -0.481 e. The highest BCUT2D eigenvalue weighted by molar-refractivity contribution is 5.93. The number of carbonyl (C=O) groups excluding carboxylic acids is 1. The highest BCUT2D eigenvalue weighted by Crippen LogP contribution is 2.14.